The second-order valence-electron chi connectivity index (χ2n) is 4.32. The molecule has 116 valence electrons. The lowest BCUT2D eigenvalue weighted by molar-refractivity contribution is -0.383. The highest BCUT2D eigenvalue weighted by atomic mass is 16.6. The van der Waals surface area contributed by atoms with Crippen molar-refractivity contribution in [3.63, 3.8) is 0 Å². The number of likely N-dealkylation sites (N-methyl/N-ethyl adjacent to an activating group) is 1. The standard InChI is InChI=1S/C14H21N3O4/c1-4-16(8-9-21-5-2)14(18)11-6-7-13(17(19)20)12(10-11)15-3/h6-7,10,15H,4-5,8-9H2,1-3H3. The van der Waals surface area contributed by atoms with Crippen molar-refractivity contribution in [2.75, 3.05) is 38.7 Å². The van der Waals surface area contributed by atoms with Gasteiger partial charge in [-0.2, -0.15) is 0 Å². The third-order valence-corrected chi connectivity index (χ3v) is 3.09. The van der Waals surface area contributed by atoms with Gasteiger partial charge in [-0.15, -0.1) is 0 Å². The molecule has 0 heterocycles. The summed E-state index contributed by atoms with van der Waals surface area (Å²) in [4.78, 5) is 24.4. The fourth-order valence-electron chi connectivity index (χ4n) is 1.93. The summed E-state index contributed by atoms with van der Waals surface area (Å²) in [6.45, 7) is 5.91. The highest BCUT2D eigenvalue weighted by Crippen LogP contribution is 2.25. The first-order valence-electron chi connectivity index (χ1n) is 6.88. The van der Waals surface area contributed by atoms with Crippen LogP contribution >= 0.6 is 0 Å². The molecule has 0 aliphatic carbocycles. The Bertz CT molecular complexity index is 505. The van der Waals surface area contributed by atoms with Gasteiger partial charge in [-0.3, -0.25) is 14.9 Å². The number of benzene rings is 1. The maximum atomic E-state index is 12.4. The molecule has 0 fully saturated rings. The zero-order valence-electron chi connectivity index (χ0n) is 12.6. The average molecular weight is 295 g/mol. The summed E-state index contributed by atoms with van der Waals surface area (Å²) in [7, 11) is 1.59. The fraction of sp³-hybridized carbons (Fsp3) is 0.500. The van der Waals surface area contributed by atoms with Crippen molar-refractivity contribution in [1.82, 2.24) is 4.90 Å². The average Bonchev–Trinajstić information content (AvgIpc) is 2.50. The number of hydrogen-bond acceptors (Lipinski definition) is 5. The van der Waals surface area contributed by atoms with Crippen LogP contribution in [0.3, 0.4) is 0 Å². The van der Waals surface area contributed by atoms with Crippen LogP contribution in [0.5, 0.6) is 0 Å². The summed E-state index contributed by atoms with van der Waals surface area (Å²) in [5.41, 5.74) is 0.696. The summed E-state index contributed by atoms with van der Waals surface area (Å²) in [5.74, 6) is -0.163. The van der Waals surface area contributed by atoms with E-state index in [-0.39, 0.29) is 11.6 Å². The molecule has 1 N–H and O–H groups in total. The normalized spacial score (nSPS) is 10.2. The summed E-state index contributed by atoms with van der Waals surface area (Å²) in [6, 6.07) is 4.32. The number of carbonyl (C=O) groups is 1. The molecule has 0 saturated carbocycles. The smallest absolute Gasteiger partial charge is 0.292 e. The van der Waals surface area contributed by atoms with Crippen molar-refractivity contribution in [2.24, 2.45) is 0 Å². The molecule has 0 atom stereocenters. The van der Waals surface area contributed by atoms with Crippen molar-refractivity contribution < 1.29 is 14.5 Å². The Labute approximate surface area is 124 Å². The molecule has 0 radical (unpaired) electrons. The van der Waals surface area contributed by atoms with E-state index in [1.807, 2.05) is 13.8 Å². The fourth-order valence-corrected chi connectivity index (χ4v) is 1.93. The van der Waals surface area contributed by atoms with E-state index < -0.39 is 4.92 Å². The summed E-state index contributed by atoms with van der Waals surface area (Å²) >= 11 is 0. The van der Waals surface area contributed by atoms with Crippen LogP contribution in [0.15, 0.2) is 18.2 Å². The number of rotatable bonds is 8. The summed E-state index contributed by atoms with van der Waals surface area (Å²) in [5, 5.41) is 13.6. The molecular formula is C14H21N3O4. The summed E-state index contributed by atoms with van der Waals surface area (Å²) < 4.78 is 5.25. The van der Waals surface area contributed by atoms with Gasteiger partial charge in [-0.1, -0.05) is 0 Å². The maximum absolute atomic E-state index is 12.4. The number of hydrogen-bond donors (Lipinski definition) is 1. The van der Waals surface area contributed by atoms with Crippen molar-refractivity contribution in [1.29, 1.82) is 0 Å². The van der Waals surface area contributed by atoms with Crippen LogP contribution in [0, 0.1) is 10.1 Å². The molecule has 1 rings (SSSR count). The molecule has 0 unspecified atom stereocenters. The molecule has 0 spiro atoms. The van der Waals surface area contributed by atoms with E-state index in [1.165, 1.54) is 18.2 Å². The van der Waals surface area contributed by atoms with Crippen molar-refractivity contribution in [3.05, 3.63) is 33.9 Å². The van der Waals surface area contributed by atoms with Gasteiger partial charge < -0.3 is 15.0 Å². The number of amides is 1. The van der Waals surface area contributed by atoms with E-state index in [1.54, 1.807) is 11.9 Å². The van der Waals surface area contributed by atoms with Crippen LogP contribution in [0.1, 0.15) is 24.2 Å². The van der Waals surface area contributed by atoms with Crippen LogP contribution in [0.2, 0.25) is 0 Å². The van der Waals surface area contributed by atoms with Gasteiger partial charge in [-0.05, 0) is 26.0 Å². The largest absolute Gasteiger partial charge is 0.383 e. The molecule has 0 aromatic heterocycles. The van der Waals surface area contributed by atoms with Crippen molar-refractivity contribution in [3.8, 4) is 0 Å². The van der Waals surface area contributed by atoms with Crippen LogP contribution in [-0.2, 0) is 4.74 Å². The lowest BCUT2D eigenvalue weighted by Crippen LogP contribution is -2.33. The van der Waals surface area contributed by atoms with Gasteiger partial charge in [0, 0.05) is 38.4 Å². The molecule has 1 aromatic rings. The van der Waals surface area contributed by atoms with Gasteiger partial charge in [-0.25, -0.2) is 0 Å². The Morgan fingerprint density at radius 1 is 1.43 bits per heavy atom. The molecule has 7 nitrogen and oxygen atoms in total. The number of nitrogens with zero attached hydrogens (tertiary/aromatic N) is 2. The van der Waals surface area contributed by atoms with Crippen LogP contribution in [0.4, 0.5) is 11.4 Å². The lowest BCUT2D eigenvalue weighted by Gasteiger charge is -2.21. The van der Waals surface area contributed by atoms with E-state index >= 15 is 0 Å². The Hall–Kier alpha value is -2.15. The number of ether oxygens (including phenoxy) is 1. The van der Waals surface area contributed by atoms with Gasteiger partial charge in [0.15, 0.2) is 0 Å². The van der Waals surface area contributed by atoms with Gasteiger partial charge in [0.1, 0.15) is 5.69 Å². The van der Waals surface area contributed by atoms with Crippen LogP contribution in [-0.4, -0.2) is 49.1 Å². The Morgan fingerprint density at radius 3 is 2.67 bits per heavy atom. The zero-order chi connectivity index (χ0) is 15.8. The molecule has 0 bridgehead atoms. The van der Waals surface area contributed by atoms with E-state index in [4.69, 9.17) is 4.74 Å². The van der Waals surface area contributed by atoms with Crippen LogP contribution in [0.25, 0.3) is 0 Å². The predicted octanol–water partition coefficient (Wildman–Crippen LogP) is 2.14. The van der Waals surface area contributed by atoms with Crippen molar-refractivity contribution in [2.45, 2.75) is 13.8 Å². The molecule has 0 aliphatic rings. The third-order valence-electron chi connectivity index (χ3n) is 3.09. The Morgan fingerprint density at radius 2 is 2.14 bits per heavy atom. The minimum absolute atomic E-state index is 0.0496. The van der Waals surface area contributed by atoms with E-state index in [0.29, 0.717) is 37.6 Å². The number of nitrogens with one attached hydrogen (secondary N) is 1. The maximum Gasteiger partial charge on any atom is 0.292 e. The van der Waals surface area contributed by atoms with E-state index in [0.717, 1.165) is 0 Å². The van der Waals surface area contributed by atoms with Gasteiger partial charge in [0.2, 0.25) is 0 Å². The molecular weight excluding hydrogens is 274 g/mol. The molecule has 1 amide bonds. The quantitative estimate of drug-likeness (QED) is 0.451. The molecule has 21 heavy (non-hydrogen) atoms. The Balaban J connectivity index is 2.92. The minimum Gasteiger partial charge on any atom is -0.383 e. The summed E-state index contributed by atoms with van der Waals surface area (Å²) in [6.07, 6.45) is 0. The monoisotopic (exact) mass is 295 g/mol. The topological polar surface area (TPSA) is 84.7 Å². The highest BCUT2D eigenvalue weighted by molar-refractivity contribution is 5.96. The molecule has 0 aliphatic heterocycles. The zero-order valence-corrected chi connectivity index (χ0v) is 12.6. The second kappa shape index (κ2) is 8.21. The third kappa shape index (κ3) is 4.42. The highest BCUT2D eigenvalue weighted by Gasteiger charge is 2.19. The van der Waals surface area contributed by atoms with E-state index in [9.17, 15) is 14.9 Å². The predicted molar refractivity (Wildman–Crippen MR) is 80.7 cm³/mol. The number of nitro benzene ring substituents is 1. The first-order chi connectivity index (χ1) is 10.0. The van der Waals surface area contributed by atoms with E-state index in [2.05, 4.69) is 5.32 Å². The molecule has 1 aromatic carbocycles. The van der Waals surface area contributed by atoms with Gasteiger partial charge in [0.25, 0.3) is 11.6 Å². The second-order valence-corrected chi connectivity index (χ2v) is 4.32. The van der Waals surface area contributed by atoms with Gasteiger partial charge >= 0.3 is 0 Å². The lowest BCUT2D eigenvalue weighted by atomic mass is 10.1. The first-order valence-corrected chi connectivity index (χ1v) is 6.88. The number of carbonyl (C=O) groups excluding carboxylic acids is 1. The van der Waals surface area contributed by atoms with Crippen LogP contribution < -0.4 is 5.32 Å². The molecule has 7 heteroatoms. The Kier molecular flexibility index (Phi) is 6.61. The van der Waals surface area contributed by atoms with Crippen molar-refractivity contribution >= 4 is 17.3 Å². The number of anilines is 1. The minimum atomic E-state index is -0.479. The first kappa shape index (κ1) is 16.9. The van der Waals surface area contributed by atoms with Gasteiger partial charge in [0.05, 0.1) is 11.5 Å². The number of nitro groups is 1. The SMILES string of the molecule is CCOCCN(CC)C(=O)c1ccc([N+](=O)[O-])c(NC)c1. The molecule has 0 saturated heterocycles.